The van der Waals surface area contributed by atoms with E-state index >= 15 is 0 Å². The van der Waals surface area contributed by atoms with Crippen LogP contribution in [0.1, 0.15) is 0 Å². The molecule has 3 heterocycles. The molecule has 0 amide bonds. The maximum atomic E-state index is 12.8. The van der Waals surface area contributed by atoms with E-state index in [1.165, 1.54) is 6.20 Å². The predicted molar refractivity (Wildman–Crippen MR) is 140 cm³/mol. The first kappa shape index (κ1) is 23.8. The Bertz CT molecular complexity index is 1490. The van der Waals surface area contributed by atoms with Crippen molar-refractivity contribution in [2.24, 2.45) is 0 Å². The Morgan fingerprint density at radius 1 is 1.14 bits per heavy atom. The second kappa shape index (κ2) is 9.97. The van der Waals surface area contributed by atoms with Gasteiger partial charge < -0.3 is 21.1 Å². The van der Waals surface area contributed by atoms with Crippen LogP contribution in [0.4, 0.5) is 23.0 Å². The van der Waals surface area contributed by atoms with Crippen LogP contribution in [0.3, 0.4) is 0 Å². The van der Waals surface area contributed by atoms with Gasteiger partial charge in [-0.3, -0.25) is 15.3 Å². The lowest BCUT2D eigenvalue weighted by Gasteiger charge is -2.35. The summed E-state index contributed by atoms with van der Waals surface area (Å²) >= 11 is 6.26. The number of anilines is 4. The lowest BCUT2D eigenvalue weighted by atomic mass is 10.2. The van der Waals surface area contributed by atoms with Crippen molar-refractivity contribution in [1.82, 2.24) is 24.4 Å². The molecule has 0 bridgehead atoms. The molecule has 4 aromatic rings. The van der Waals surface area contributed by atoms with E-state index in [0.717, 1.165) is 42.1 Å². The lowest BCUT2D eigenvalue weighted by Crippen LogP contribution is -2.47. The smallest absolute Gasteiger partial charge is 0.333 e. The van der Waals surface area contributed by atoms with Crippen molar-refractivity contribution in [3.63, 3.8) is 0 Å². The lowest BCUT2D eigenvalue weighted by molar-refractivity contribution is 0.189. The highest BCUT2D eigenvalue weighted by Gasteiger charge is 2.17. The quantitative estimate of drug-likeness (QED) is 0.247. The molecule has 1 aliphatic heterocycles. The van der Waals surface area contributed by atoms with Gasteiger partial charge in [0.15, 0.2) is 5.65 Å². The number of piperazine rings is 1. The van der Waals surface area contributed by atoms with Gasteiger partial charge in [0.25, 0.3) is 0 Å². The number of H-pyrrole nitrogens is 1. The Hall–Kier alpha value is -3.93. The molecule has 2 aromatic carbocycles. The van der Waals surface area contributed by atoms with Gasteiger partial charge in [0.1, 0.15) is 5.49 Å². The van der Waals surface area contributed by atoms with E-state index in [1.54, 1.807) is 18.2 Å². The summed E-state index contributed by atoms with van der Waals surface area (Å²) in [7, 11) is 0. The summed E-state index contributed by atoms with van der Waals surface area (Å²) in [4.78, 5) is 28.8. The summed E-state index contributed by atoms with van der Waals surface area (Å²) in [6.45, 7) is 4.55. The fourth-order valence-electron chi connectivity index (χ4n) is 4.33. The highest BCUT2D eigenvalue weighted by molar-refractivity contribution is 6.33. The monoisotopic (exact) mass is 507 g/mol. The molecule has 11 nitrogen and oxygen atoms in total. The number of hydrogen-bond donors (Lipinski definition) is 5. The predicted octanol–water partition coefficient (Wildman–Crippen LogP) is 1.68. The Morgan fingerprint density at radius 3 is 2.58 bits per heavy atom. The largest absolute Gasteiger partial charge is 0.397 e. The molecule has 6 N–H and O–H groups in total. The topological polar surface area (TPSA) is 152 Å². The first-order valence-electron chi connectivity index (χ1n) is 11.5. The van der Waals surface area contributed by atoms with Gasteiger partial charge in [0.05, 0.1) is 28.4 Å². The number of aromatic nitrogens is 4. The maximum absolute atomic E-state index is 12.8. The Labute approximate surface area is 211 Å². The number of aromatic amines is 1. The van der Waals surface area contributed by atoms with Gasteiger partial charge >= 0.3 is 5.69 Å². The van der Waals surface area contributed by atoms with Gasteiger partial charge in [-0.25, -0.2) is 14.3 Å². The minimum Gasteiger partial charge on any atom is -0.397 e. The van der Waals surface area contributed by atoms with E-state index in [9.17, 15) is 4.79 Å². The minimum atomic E-state index is -0.583. The molecule has 5 rings (SSSR count). The van der Waals surface area contributed by atoms with Crippen molar-refractivity contribution in [3.05, 3.63) is 69.7 Å². The number of benzene rings is 2. The molecule has 0 saturated carbocycles. The zero-order valence-corrected chi connectivity index (χ0v) is 20.2. The van der Waals surface area contributed by atoms with Gasteiger partial charge in [-0.15, -0.1) is 0 Å². The Balaban J connectivity index is 1.37. The average Bonchev–Trinajstić information content (AvgIpc) is 2.87. The number of rotatable bonds is 6. The first-order chi connectivity index (χ1) is 17.4. The molecule has 1 aliphatic rings. The van der Waals surface area contributed by atoms with Gasteiger partial charge in [-0.1, -0.05) is 17.7 Å². The summed E-state index contributed by atoms with van der Waals surface area (Å²) < 4.78 is 1.11. The van der Waals surface area contributed by atoms with Crippen LogP contribution in [0.2, 0.25) is 5.02 Å². The number of nitrogens with zero attached hydrogens (tertiary/aromatic N) is 5. The summed E-state index contributed by atoms with van der Waals surface area (Å²) in [6, 6.07) is 12.9. The Morgan fingerprint density at radius 2 is 1.89 bits per heavy atom. The fraction of sp³-hybridized carbons (Fsp3) is 0.250. The average molecular weight is 508 g/mol. The van der Waals surface area contributed by atoms with Crippen molar-refractivity contribution >= 4 is 45.6 Å². The highest BCUT2D eigenvalue weighted by Crippen LogP contribution is 2.25. The number of β-amino-alcohol motifs (C(OH)–C–C–N with tert-alkyl or cyclic N) is 1. The Kier molecular flexibility index (Phi) is 6.59. The van der Waals surface area contributed by atoms with Crippen LogP contribution in [-0.4, -0.2) is 68.9 Å². The number of aliphatic hydroxyl groups excluding tert-OH is 1. The number of nitrogen functional groups attached to an aromatic ring is 1. The number of fused-ring (bicyclic) bond motifs is 1. The van der Waals surface area contributed by atoms with Crippen LogP contribution >= 0.6 is 11.6 Å². The third-order valence-corrected chi connectivity index (χ3v) is 6.52. The fourth-order valence-corrected chi connectivity index (χ4v) is 4.59. The van der Waals surface area contributed by atoms with Crippen molar-refractivity contribution in [1.29, 1.82) is 5.41 Å². The molecule has 1 fully saturated rings. The summed E-state index contributed by atoms with van der Waals surface area (Å²) in [5, 5.41) is 21.4. The van der Waals surface area contributed by atoms with Crippen LogP contribution in [0.15, 0.2) is 53.5 Å². The number of hydrogen-bond acceptors (Lipinski definition) is 9. The normalized spacial score (nSPS) is 14.3. The molecule has 0 radical (unpaired) electrons. The SMILES string of the molecule is N=c1c2cnc(Nc3ccc(N4CCN(CCO)CC4)cc3)nc2[nH]c(=O)n1-c1c(N)cccc1Cl. The van der Waals surface area contributed by atoms with E-state index in [1.807, 2.05) is 24.3 Å². The number of aliphatic hydroxyl groups is 1. The van der Waals surface area contributed by atoms with E-state index in [0.29, 0.717) is 11.9 Å². The molecule has 186 valence electrons. The van der Waals surface area contributed by atoms with Crippen molar-refractivity contribution in [3.8, 4) is 5.69 Å². The number of para-hydroxylation sites is 1. The molecular formula is C24H26ClN9O2. The van der Waals surface area contributed by atoms with E-state index in [4.69, 9.17) is 27.9 Å². The second-order valence-corrected chi connectivity index (χ2v) is 8.88. The molecule has 36 heavy (non-hydrogen) atoms. The van der Waals surface area contributed by atoms with Gasteiger partial charge in [0, 0.05) is 50.3 Å². The summed E-state index contributed by atoms with van der Waals surface area (Å²) in [5.74, 6) is 0.290. The number of halogens is 1. The van der Waals surface area contributed by atoms with Crippen LogP contribution in [0.5, 0.6) is 0 Å². The first-order valence-corrected chi connectivity index (χ1v) is 11.9. The number of nitrogens with one attached hydrogen (secondary N) is 3. The zero-order chi connectivity index (χ0) is 25.2. The number of nitrogens with two attached hydrogens (primary N) is 1. The molecule has 2 aromatic heterocycles. The zero-order valence-electron chi connectivity index (χ0n) is 19.4. The molecule has 0 aliphatic carbocycles. The minimum absolute atomic E-state index is 0.122. The van der Waals surface area contributed by atoms with Crippen LogP contribution in [0, 0.1) is 5.41 Å². The highest BCUT2D eigenvalue weighted by atomic mass is 35.5. The van der Waals surface area contributed by atoms with Crippen molar-refractivity contribution in [2.45, 2.75) is 0 Å². The summed E-state index contributed by atoms with van der Waals surface area (Å²) in [5.41, 5.74) is 7.98. The van der Waals surface area contributed by atoms with Gasteiger partial charge in [0.2, 0.25) is 5.95 Å². The molecule has 1 saturated heterocycles. The third-order valence-electron chi connectivity index (χ3n) is 6.21. The molecule has 0 atom stereocenters. The standard InChI is InChI=1S/C24H26ClN9O2/c25-18-2-1-3-19(26)20(18)34-21(27)17-14-28-23(30-22(17)31-24(34)36)29-15-4-6-16(7-5-15)33-10-8-32(9-11-33)12-13-35/h1-7,14,27,35H,8-13,26H2,(H2,28,29,30,31,36). The second-order valence-electron chi connectivity index (χ2n) is 8.47. The molecule has 0 spiro atoms. The van der Waals surface area contributed by atoms with Crippen LogP contribution < -0.4 is 27.1 Å². The molecule has 0 unspecified atom stereocenters. The maximum Gasteiger partial charge on any atom is 0.333 e. The van der Waals surface area contributed by atoms with E-state index < -0.39 is 5.69 Å². The molecular weight excluding hydrogens is 482 g/mol. The third kappa shape index (κ3) is 4.63. The summed E-state index contributed by atoms with van der Waals surface area (Å²) in [6.07, 6.45) is 1.48. The van der Waals surface area contributed by atoms with E-state index in [2.05, 4.69) is 30.1 Å². The van der Waals surface area contributed by atoms with Crippen molar-refractivity contribution in [2.75, 3.05) is 55.3 Å². The van der Waals surface area contributed by atoms with Crippen LogP contribution in [-0.2, 0) is 0 Å². The molecule has 12 heteroatoms. The van der Waals surface area contributed by atoms with E-state index in [-0.39, 0.29) is 40.1 Å². The van der Waals surface area contributed by atoms with Crippen molar-refractivity contribution < 1.29 is 5.11 Å². The van der Waals surface area contributed by atoms with Gasteiger partial charge in [-0.2, -0.15) is 4.98 Å². The van der Waals surface area contributed by atoms with Gasteiger partial charge in [-0.05, 0) is 36.4 Å². The van der Waals surface area contributed by atoms with Crippen LogP contribution in [0.25, 0.3) is 16.7 Å².